The zero-order chi connectivity index (χ0) is 55.9. The van der Waals surface area contributed by atoms with Gasteiger partial charge in [0.15, 0.2) is 0 Å². The number of urea groups is 1. The summed E-state index contributed by atoms with van der Waals surface area (Å²) in [5.74, 6) is -4.31. The Morgan fingerprint density at radius 3 is 2.35 bits per heavy atom. The van der Waals surface area contributed by atoms with E-state index < -0.39 is 60.8 Å². The molecule has 3 aromatic heterocycles. The number of ether oxygens (including phenoxy) is 2. The van der Waals surface area contributed by atoms with Crippen LogP contribution in [0.4, 0.5) is 16.4 Å². The number of nitrogens with one attached hydrogen (secondary N) is 2. The molecular formula is C57H66N12O10. The van der Waals surface area contributed by atoms with Crippen LogP contribution in [0.5, 0.6) is 5.75 Å². The number of benzene rings is 3. The van der Waals surface area contributed by atoms with Crippen LogP contribution >= 0.6 is 0 Å². The summed E-state index contributed by atoms with van der Waals surface area (Å²) in [5.41, 5.74) is 16.1. The van der Waals surface area contributed by atoms with Crippen molar-refractivity contribution in [1.29, 1.82) is 0 Å². The molecule has 0 spiro atoms. The lowest BCUT2D eigenvalue weighted by molar-refractivity contribution is -0.142. The van der Waals surface area contributed by atoms with Crippen molar-refractivity contribution in [2.45, 2.75) is 88.6 Å². The number of hydrogen-bond donors (Lipinski definition) is 5. The summed E-state index contributed by atoms with van der Waals surface area (Å²) in [6, 6.07) is 22.2. The predicted molar refractivity (Wildman–Crippen MR) is 294 cm³/mol. The summed E-state index contributed by atoms with van der Waals surface area (Å²) in [7, 11) is 3.18. The molecule has 1 aliphatic carbocycles. The van der Waals surface area contributed by atoms with Crippen molar-refractivity contribution in [2.75, 3.05) is 62.8 Å². The number of aliphatic carboxylic acids is 1. The maximum Gasteiger partial charge on any atom is 0.332 e. The van der Waals surface area contributed by atoms with Crippen molar-refractivity contribution in [3.05, 3.63) is 112 Å². The van der Waals surface area contributed by atoms with Crippen LogP contribution < -0.4 is 36.9 Å². The van der Waals surface area contributed by atoms with Gasteiger partial charge in [0, 0.05) is 112 Å². The zero-order valence-electron chi connectivity index (χ0n) is 44.7. The fourth-order valence-electron chi connectivity index (χ4n) is 11.6. The van der Waals surface area contributed by atoms with Gasteiger partial charge in [-0.3, -0.25) is 38.6 Å². The fourth-order valence-corrected chi connectivity index (χ4v) is 11.6. The SMILES string of the molecule is COc1ccc(C(=O)N2C[C@H](C)N(C3CCN(c4nc([C@@](CN)(OC5CC5)c5ccccc5)c5cc(-c6cn(C)c(=O)c7[nH]ccc67)ccc5n4)CC3)C[C@H]2C)cc1N1CCC(=O)N(CNC(=O)[C@@H](CC(N)=O)CC(=O)O)C1=O. The number of carboxylic acid groups (broad SMARTS) is 1. The molecule has 0 unspecified atom stereocenters. The van der Waals surface area contributed by atoms with Crippen LogP contribution in [0, 0.1) is 5.92 Å². The largest absolute Gasteiger partial charge is 0.495 e. The van der Waals surface area contributed by atoms with Crippen LogP contribution in [0.1, 0.15) is 80.4 Å². The highest BCUT2D eigenvalue weighted by molar-refractivity contribution is 6.07. The molecule has 7 N–H and O–H groups in total. The maximum atomic E-state index is 14.5. The number of fused-ring (bicyclic) bond motifs is 2. The number of carbonyl (C=O) groups is 6. The smallest absolute Gasteiger partial charge is 0.332 e. The average Bonchev–Trinajstić information content (AvgIpc) is 4.27. The van der Waals surface area contributed by atoms with Crippen LogP contribution in [0.15, 0.2) is 90.0 Å². The number of carbonyl (C=O) groups excluding carboxylic acids is 5. The number of nitrogens with two attached hydrogens (primary N) is 2. The molecule has 22 nitrogen and oxygen atoms in total. The van der Waals surface area contributed by atoms with Crippen molar-refractivity contribution in [3.8, 4) is 16.9 Å². The Morgan fingerprint density at radius 1 is 0.899 bits per heavy atom. The van der Waals surface area contributed by atoms with Crippen LogP contribution in [0.25, 0.3) is 32.9 Å². The van der Waals surface area contributed by atoms with Gasteiger partial charge in [0.1, 0.15) is 23.5 Å². The Hall–Kier alpha value is -8.21. The summed E-state index contributed by atoms with van der Waals surface area (Å²) in [5, 5.41) is 13.3. The molecule has 10 rings (SSSR count). The highest BCUT2D eigenvalue weighted by atomic mass is 16.5. The van der Waals surface area contributed by atoms with Gasteiger partial charge in [-0.1, -0.05) is 36.4 Å². The number of aromatic nitrogens is 4. The summed E-state index contributed by atoms with van der Waals surface area (Å²) in [6.45, 7) is 6.12. The minimum absolute atomic E-state index is 0.00110. The number of primary amides is 1. The number of piperidine rings is 1. The molecule has 0 radical (unpaired) electrons. The molecule has 1 saturated carbocycles. The lowest BCUT2D eigenvalue weighted by Gasteiger charge is -2.49. The lowest BCUT2D eigenvalue weighted by Crippen LogP contribution is -2.61. The van der Waals surface area contributed by atoms with Crippen molar-refractivity contribution in [2.24, 2.45) is 24.4 Å². The normalized spacial score (nSPS) is 19.7. The van der Waals surface area contributed by atoms with Gasteiger partial charge in [-0.25, -0.2) is 19.7 Å². The number of aromatic amines is 1. The molecule has 6 amide bonds. The van der Waals surface area contributed by atoms with E-state index in [-0.39, 0.29) is 66.6 Å². The molecule has 0 bridgehead atoms. The molecule has 4 fully saturated rings. The minimum Gasteiger partial charge on any atom is -0.495 e. The van der Waals surface area contributed by atoms with Gasteiger partial charge >= 0.3 is 12.0 Å². The van der Waals surface area contributed by atoms with Crippen LogP contribution in [0.3, 0.4) is 0 Å². The molecule has 4 aliphatic rings. The molecule has 3 aromatic carbocycles. The van der Waals surface area contributed by atoms with E-state index in [0.29, 0.717) is 48.9 Å². The van der Waals surface area contributed by atoms with Gasteiger partial charge in [-0.05, 0) is 87.1 Å². The van der Waals surface area contributed by atoms with E-state index >= 15 is 0 Å². The third-order valence-electron chi connectivity index (χ3n) is 15.9. The molecule has 3 saturated heterocycles. The lowest BCUT2D eigenvalue weighted by atomic mass is 9.86. The molecule has 6 heterocycles. The topological polar surface area (TPSA) is 285 Å². The van der Waals surface area contributed by atoms with Crippen molar-refractivity contribution in [3.63, 3.8) is 0 Å². The number of amides is 6. The number of pyridine rings is 1. The van der Waals surface area contributed by atoms with Crippen LogP contribution in [-0.2, 0) is 36.6 Å². The first-order valence-electron chi connectivity index (χ1n) is 26.8. The van der Waals surface area contributed by atoms with Gasteiger partial charge in [-0.15, -0.1) is 0 Å². The van der Waals surface area contributed by atoms with Crippen molar-refractivity contribution >= 4 is 69.1 Å². The molecule has 414 valence electrons. The predicted octanol–water partition coefficient (Wildman–Crippen LogP) is 4.27. The molecule has 79 heavy (non-hydrogen) atoms. The molecule has 22 heteroatoms. The summed E-state index contributed by atoms with van der Waals surface area (Å²) >= 11 is 0. The number of imide groups is 1. The van der Waals surface area contributed by atoms with E-state index in [4.69, 9.17) is 30.9 Å². The number of methoxy groups -OCH3 is 1. The first kappa shape index (κ1) is 54.2. The van der Waals surface area contributed by atoms with Crippen molar-refractivity contribution in [1.82, 2.24) is 39.5 Å². The number of anilines is 2. The third kappa shape index (κ3) is 10.7. The first-order chi connectivity index (χ1) is 38.0. The van der Waals surface area contributed by atoms with E-state index in [1.807, 2.05) is 66.6 Å². The maximum absolute atomic E-state index is 14.5. The van der Waals surface area contributed by atoms with E-state index in [1.165, 1.54) is 12.0 Å². The Bertz CT molecular complexity index is 3390. The van der Waals surface area contributed by atoms with Crippen molar-refractivity contribution < 1.29 is 43.3 Å². The van der Waals surface area contributed by atoms with E-state index in [1.54, 1.807) is 36.0 Å². The van der Waals surface area contributed by atoms with Gasteiger partial charge in [0.25, 0.3) is 11.5 Å². The molecule has 6 aromatic rings. The Labute approximate surface area is 455 Å². The Kier molecular flexibility index (Phi) is 15.3. The summed E-state index contributed by atoms with van der Waals surface area (Å²) in [6.07, 6.45) is 5.84. The molecular weight excluding hydrogens is 1010 g/mol. The number of aryl methyl sites for hydroxylation is 1. The quantitative estimate of drug-likeness (QED) is 0.0804. The number of carboxylic acids is 1. The Morgan fingerprint density at radius 2 is 1.66 bits per heavy atom. The number of rotatable bonds is 18. The highest BCUT2D eigenvalue weighted by Crippen LogP contribution is 2.43. The van der Waals surface area contributed by atoms with E-state index in [0.717, 1.165) is 63.6 Å². The second-order valence-electron chi connectivity index (χ2n) is 21.2. The van der Waals surface area contributed by atoms with Gasteiger partial charge in [0.05, 0.1) is 42.5 Å². The highest BCUT2D eigenvalue weighted by Gasteiger charge is 2.44. The second kappa shape index (κ2) is 22.3. The molecule has 4 atom stereocenters. The van der Waals surface area contributed by atoms with Crippen LogP contribution in [-0.4, -0.2) is 152 Å². The Balaban J connectivity index is 0.854. The second-order valence-corrected chi connectivity index (χ2v) is 21.2. The zero-order valence-corrected chi connectivity index (χ0v) is 44.7. The monoisotopic (exact) mass is 1080 g/mol. The number of nitrogens with zero attached hydrogens (tertiary/aromatic N) is 8. The number of hydrogen-bond acceptors (Lipinski definition) is 14. The average molecular weight is 1080 g/mol. The third-order valence-corrected chi connectivity index (χ3v) is 15.9. The molecule has 3 aliphatic heterocycles. The number of piperazine rings is 1. The van der Waals surface area contributed by atoms with Gasteiger partial charge in [0.2, 0.25) is 23.7 Å². The number of H-pyrrole nitrogens is 1. The first-order valence-corrected chi connectivity index (χ1v) is 26.8. The summed E-state index contributed by atoms with van der Waals surface area (Å²) in [4.78, 5) is 113. The van der Waals surface area contributed by atoms with E-state index in [2.05, 4.69) is 33.1 Å². The van der Waals surface area contributed by atoms with Crippen LogP contribution in [0.2, 0.25) is 0 Å². The van der Waals surface area contributed by atoms with Gasteiger partial charge in [-0.2, -0.15) is 0 Å². The fraction of sp³-hybridized carbons (Fsp3) is 0.421. The summed E-state index contributed by atoms with van der Waals surface area (Å²) < 4.78 is 14.3. The minimum atomic E-state index is -1.32. The van der Waals surface area contributed by atoms with E-state index in [9.17, 15) is 38.7 Å². The van der Waals surface area contributed by atoms with Gasteiger partial charge < -0.3 is 50.7 Å². The standard InChI is InChI=1S/C57H66N12O10/c1-33-29-68(53(75)36-11-15-46(78-4)45(25-36)66-23-19-48(71)69(56(66)77)32-61-52(74)37(26-47(59)70)27-49(72)73)34(2)28-67(33)39-17-21-65(22-18-39)55-62-44-14-10-35(43-30-64(3)54(76)50-41(43)16-20-60-50)24-42(44)51(63-55)57(31-58,79-40-12-13-40)38-8-6-5-7-9-38/h5-11,14-16,20,24-25,30,33-34,37,39-40,60H,12-13,17-19,21-23,26-29,31-32,58H2,1-4H3,(H2,59,70)(H,61,74)(H,72,73)/t33-,34+,37-,57-/m0/s1.